The maximum absolute atomic E-state index is 5.33. The van der Waals surface area contributed by atoms with Crippen LogP contribution in [0.4, 0.5) is 0 Å². The van der Waals surface area contributed by atoms with E-state index >= 15 is 0 Å². The smallest absolute Gasteiger partial charge is 0.137 e. The van der Waals surface area contributed by atoms with Crippen molar-refractivity contribution in [3.8, 4) is 0 Å². The van der Waals surface area contributed by atoms with Crippen molar-refractivity contribution in [3.05, 3.63) is 11.6 Å². The van der Waals surface area contributed by atoms with E-state index in [1.165, 1.54) is 0 Å². The second-order valence-electron chi connectivity index (χ2n) is 1.19. The quantitative estimate of drug-likeness (QED) is 0.375. The first-order valence-electron chi connectivity index (χ1n) is 1.84. The predicted molar refractivity (Wildman–Crippen MR) is 35.5 cm³/mol. The van der Waals surface area contributed by atoms with Crippen LogP contribution in [-0.2, 0) is 0 Å². The first-order chi connectivity index (χ1) is 3.30. The minimum Gasteiger partial charge on any atom is -0.295 e. The molecule has 1 rings (SSSR count). The fourth-order valence-corrected chi connectivity index (χ4v) is 1.17. The van der Waals surface area contributed by atoms with Gasteiger partial charge in [0.2, 0.25) is 0 Å². The van der Waals surface area contributed by atoms with E-state index in [1.54, 1.807) is 23.0 Å². The standard InChI is InChI=1S/C3H6N2S2/c4-5-1-2-7-3(5)6/h1-3,6H,4H2. The summed E-state index contributed by atoms with van der Waals surface area (Å²) in [6, 6.07) is 0. The summed E-state index contributed by atoms with van der Waals surface area (Å²) >= 11 is 5.68. The topological polar surface area (TPSA) is 29.3 Å². The van der Waals surface area contributed by atoms with Crippen LogP contribution in [-0.4, -0.2) is 9.71 Å². The summed E-state index contributed by atoms with van der Waals surface area (Å²) in [5.41, 5.74) is 0. The predicted octanol–water partition coefficient (Wildman–Crippen LogP) is 0.594. The van der Waals surface area contributed by atoms with E-state index in [4.69, 9.17) is 5.84 Å². The van der Waals surface area contributed by atoms with Crippen LogP contribution in [0.25, 0.3) is 0 Å². The van der Waals surface area contributed by atoms with Crippen LogP contribution >= 0.6 is 24.4 Å². The van der Waals surface area contributed by atoms with Crippen molar-refractivity contribution < 1.29 is 0 Å². The number of hydrogen-bond acceptors (Lipinski definition) is 4. The Hall–Kier alpha value is 0.200. The third-order valence-corrected chi connectivity index (χ3v) is 2.09. The Bertz CT molecular complexity index is 92.9. The highest BCUT2D eigenvalue weighted by atomic mass is 32.2. The third-order valence-electron chi connectivity index (χ3n) is 0.688. The Labute approximate surface area is 52.1 Å². The average Bonchev–Trinajstić information content (AvgIpc) is 1.91. The van der Waals surface area contributed by atoms with Crippen molar-refractivity contribution in [2.45, 2.75) is 4.71 Å². The minimum atomic E-state index is 0.125. The summed E-state index contributed by atoms with van der Waals surface area (Å²) < 4.78 is 0.125. The molecule has 0 saturated carbocycles. The number of nitrogens with zero attached hydrogens (tertiary/aromatic N) is 1. The van der Waals surface area contributed by atoms with Gasteiger partial charge in [-0.25, -0.2) is 5.84 Å². The van der Waals surface area contributed by atoms with Gasteiger partial charge in [-0.3, -0.25) is 5.01 Å². The molecule has 40 valence electrons. The lowest BCUT2D eigenvalue weighted by atomic mass is 11.0. The molecule has 0 aromatic heterocycles. The van der Waals surface area contributed by atoms with Crippen molar-refractivity contribution >= 4 is 24.4 Å². The summed E-state index contributed by atoms with van der Waals surface area (Å²) in [5.74, 6) is 5.33. The van der Waals surface area contributed by atoms with Crippen LogP contribution < -0.4 is 5.84 Å². The third kappa shape index (κ3) is 1.05. The van der Waals surface area contributed by atoms with Crippen LogP contribution in [0.1, 0.15) is 0 Å². The normalized spacial score (nSPS) is 29.4. The van der Waals surface area contributed by atoms with Gasteiger partial charge in [0.25, 0.3) is 0 Å². The molecule has 1 aliphatic heterocycles. The first kappa shape index (κ1) is 5.34. The van der Waals surface area contributed by atoms with Crippen LogP contribution in [0.2, 0.25) is 0 Å². The molecule has 4 heteroatoms. The summed E-state index contributed by atoms with van der Waals surface area (Å²) in [4.78, 5) is 0. The number of rotatable bonds is 0. The van der Waals surface area contributed by atoms with Crippen molar-refractivity contribution in [1.29, 1.82) is 0 Å². The molecule has 0 aromatic carbocycles. The Morgan fingerprint density at radius 2 is 2.57 bits per heavy atom. The highest BCUT2D eigenvalue weighted by Crippen LogP contribution is 2.23. The van der Waals surface area contributed by atoms with Crippen LogP contribution in [0, 0.1) is 0 Å². The fourth-order valence-electron chi connectivity index (χ4n) is 0.320. The molecule has 0 aliphatic carbocycles. The van der Waals surface area contributed by atoms with Gasteiger partial charge in [-0.2, -0.15) is 0 Å². The summed E-state index contributed by atoms with van der Waals surface area (Å²) in [6.07, 6.45) is 1.79. The molecule has 1 aliphatic rings. The lowest BCUT2D eigenvalue weighted by Crippen LogP contribution is -2.26. The number of thiol groups is 1. The van der Waals surface area contributed by atoms with Crippen LogP contribution in [0.15, 0.2) is 11.6 Å². The number of hydrogen-bond donors (Lipinski definition) is 2. The van der Waals surface area contributed by atoms with Gasteiger partial charge >= 0.3 is 0 Å². The summed E-state index contributed by atoms with van der Waals surface area (Å²) in [7, 11) is 0. The van der Waals surface area contributed by atoms with Gasteiger partial charge in [0, 0.05) is 6.20 Å². The van der Waals surface area contributed by atoms with Gasteiger partial charge in [0.1, 0.15) is 4.71 Å². The van der Waals surface area contributed by atoms with Crippen molar-refractivity contribution in [3.63, 3.8) is 0 Å². The van der Waals surface area contributed by atoms with Gasteiger partial charge in [-0.1, -0.05) is 11.8 Å². The average molecular weight is 134 g/mol. The zero-order valence-corrected chi connectivity index (χ0v) is 5.32. The maximum Gasteiger partial charge on any atom is 0.137 e. The van der Waals surface area contributed by atoms with Gasteiger partial charge in [-0.15, -0.1) is 12.6 Å². The summed E-state index contributed by atoms with van der Waals surface area (Å²) in [5, 5.41) is 3.46. The zero-order valence-electron chi connectivity index (χ0n) is 3.61. The molecular weight excluding hydrogens is 128 g/mol. The largest absolute Gasteiger partial charge is 0.295 e. The van der Waals surface area contributed by atoms with E-state index < -0.39 is 0 Å². The molecule has 2 nitrogen and oxygen atoms in total. The van der Waals surface area contributed by atoms with Crippen LogP contribution in [0.5, 0.6) is 0 Å². The molecule has 0 aromatic rings. The maximum atomic E-state index is 5.33. The van der Waals surface area contributed by atoms with E-state index in [1.807, 2.05) is 5.41 Å². The monoisotopic (exact) mass is 134 g/mol. The van der Waals surface area contributed by atoms with Crippen molar-refractivity contribution in [1.82, 2.24) is 5.01 Å². The summed E-state index contributed by atoms with van der Waals surface area (Å²) in [6.45, 7) is 0. The molecular formula is C3H6N2S2. The first-order valence-corrected chi connectivity index (χ1v) is 3.30. The minimum absolute atomic E-state index is 0.125. The molecule has 0 fully saturated rings. The van der Waals surface area contributed by atoms with Gasteiger partial charge in [-0.05, 0) is 5.41 Å². The molecule has 1 atom stereocenters. The molecule has 2 N–H and O–H groups in total. The van der Waals surface area contributed by atoms with E-state index in [0.717, 1.165) is 0 Å². The number of hydrazine groups is 1. The fraction of sp³-hybridized carbons (Fsp3) is 0.333. The van der Waals surface area contributed by atoms with E-state index in [2.05, 4.69) is 12.6 Å². The lowest BCUT2D eigenvalue weighted by molar-refractivity contribution is 0.452. The van der Waals surface area contributed by atoms with Crippen molar-refractivity contribution in [2.24, 2.45) is 5.84 Å². The van der Waals surface area contributed by atoms with E-state index in [9.17, 15) is 0 Å². The SMILES string of the molecule is NN1C=CSC1S. The highest BCUT2D eigenvalue weighted by molar-refractivity contribution is 8.12. The molecule has 7 heavy (non-hydrogen) atoms. The second kappa shape index (κ2) is 1.98. The molecule has 1 heterocycles. The number of thioether (sulfide) groups is 1. The Balaban J connectivity index is 2.45. The Morgan fingerprint density at radius 3 is 2.71 bits per heavy atom. The van der Waals surface area contributed by atoms with Gasteiger partial charge < -0.3 is 0 Å². The lowest BCUT2D eigenvalue weighted by Gasteiger charge is -2.11. The highest BCUT2D eigenvalue weighted by Gasteiger charge is 2.09. The van der Waals surface area contributed by atoms with Gasteiger partial charge in [0.15, 0.2) is 0 Å². The molecule has 1 unspecified atom stereocenters. The Morgan fingerprint density at radius 1 is 1.86 bits per heavy atom. The number of nitrogens with two attached hydrogens (primary N) is 1. The second-order valence-corrected chi connectivity index (χ2v) is 3.02. The van der Waals surface area contributed by atoms with Crippen LogP contribution in [0.3, 0.4) is 0 Å². The molecule has 0 amide bonds. The molecule has 0 bridgehead atoms. The van der Waals surface area contributed by atoms with Crippen molar-refractivity contribution in [2.75, 3.05) is 0 Å². The van der Waals surface area contributed by atoms with E-state index in [-0.39, 0.29) is 4.71 Å². The van der Waals surface area contributed by atoms with Gasteiger partial charge in [0.05, 0.1) is 0 Å². The molecule has 0 spiro atoms. The zero-order chi connectivity index (χ0) is 5.28. The Kier molecular flexibility index (Phi) is 1.51. The van der Waals surface area contributed by atoms with E-state index in [0.29, 0.717) is 0 Å². The molecule has 0 radical (unpaired) electrons. The molecule has 0 saturated heterocycles.